The maximum absolute atomic E-state index is 14.1. The zero-order valence-corrected chi connectivity index (χ0v) is 19.6. The first-order valence-electron chi connectivity index (χ1n) is 11.1. The average Bonchev–Trinajstić information content (AvgIpc) is 3.43. The molecule has 1 aromatic rings. The molecule has 1 atom stereocenters. The number of benzene rings is 1. The monoisotopic (exact) mass is 469 g/mol. The van der Waals surface area contributed by atoms with Crippen LogP contribution < -0.4 is 14.8 Å². The number of sulfonamides is 1. The fourth-order valence-corrected chi connectivity index (χ4v) is 5.34. The predicted molar refractivity (Wildman–Crippen MR) is 118 cm³/mol. The van der Waals surface area contributed by atoms with E-state index in [1.807, 2.05) is 13.8 Å². The van der Waals surface area contributed by atoms with Crippen molar-refractivity contribution >= 4 is 22.0 Å². The van der Waals surface area contributed by atoms with Crippen molar-refractivity contribution < 1.29 is 27.1 Å². The maximum Gasteiger partial charge on any atom is 0.324 e. The molecule has 1 saturated carbocycles. The van der Waals surface area contributed by atoms with Gasteiger partial charge in [0.25, 0.3) is 5.91 Å². The Morgan fingerprint density at radius 2 is 1.97 bits per heavy atom. The topological polar surface area (TPSA) is 105 Å². The molecule has 2 fully saturated rings. The van der Waals surface area contributed by atoms with E-state index in [4.69, 9.17) is 4.74 Å². The zero-order valence-electron chi connectivity index (χ0n) is 18.8. The van der Waals surface area contributed by atoms with E-state index in [-0.39, 0.29) is 23.3 Å². The summed E-state index contributed by atoms with van der Waals surface area (Å²) in [6, 6.07) is 3.63. The van der Waals surface area contributed by atoms with Gasteiger partial charge in [-0.3, -0.25) is 10.1 Å². The van der Waals surface area contributed by atoms with Crippen molar-refractivity contribution in [2.24, 2.45) is 5.92 Å². The lowest BCUT2D eigenvalue weighted by Gasteiger charge is -2.20. The summed E-state index contributed by atoms with van der Waals surface area (Å²) in [6.07, 6.45) is 2.97. The predicted octanol–water partition coefficient (Wildman–Crippen LogP) is 2.88. The Kier molecular flexibility index (Phi) is 7.44. The van der Waals surface area contributed by atoms with Crippen LogP contribution >= 0.6 is 0 Å². The molecular weight excluding hydrogens is 437 g/mol. The van der Waals surface area contributed by atoms with Crippen LogP contribution in [0.1, 0.15) is 58.4 Å². The minimum atomic E-state index is -3.53. The van der Waals surface area contributed by atoms with Gasteiger partial charge in [0, 0.05) is 6.54 Å². The van der Waals surface area contributed by atoms with Crippen LogP contribution in [0.15, 0.2) is 18.2 Å². The van der Waals surface area contributed by atoms with Gasteiger partial charge in [-0.25, -0.2) is 22.3 Å². The molecule has 3 rings (SSSR count). The Bertz CT molecular complexity index is 962. The number of imide groups is 1. The van der Waals surface area contributed by atoms with Crippen molar-refractivity contribution in [3.8, 4) is 5.75 Å². The molecule has 32 heavy (non-hydrogen) atoms. The molecule has 0 bridgehead atoms. The van der Waals surface area contributed by atoms with Gasteiger partial charge in [-0.1, -0.05) is 26.3 Å². The van der Waals surface area contributed by atoms with Crippen molar-refractivity contribution in [1.82, 2.24) is 14.9 Å². The van der Waals surface area contributed by atoms with Gasteiger partial charge in [0.05, 0.1) is 17.9 Å². The van der Waals surface area contributed by atoms with Gasteiger partial charge in [0.2, 0.25) is 10.0 Å². The molecular formula is C22H32FN3O5S. The van der Waals surface area contributed by atoms with E-state index in [2.05, 4.69) is 10.0 Å². The highest BCUT2D eigenvalue weighted by Crippen LogP contribution is 2.47. The molecule has 10 heteroatoms. The third-order valence-corrected chi connectivity index (χ3v) is 7.33. The standard InChI is InChI=1S/C22H32FN3O5S/c1-15(2)14-31-19-13-17(7-8-18(19)23)22(9-10-22)25-32(29,30)12-6-4-5-11-26-16(3)20(27)24-21(26)28/h7-8,13,15-16,25H,4-6,9-12,14H2,1-3H3,(H,24,27,28)/t16-/m1/s1. The van der Waals surface area contributed by atoms with Crippen LogP contribution in [0.25, 0.3) is 0 Å². The molecule has 1 saturated heterocycles. The Balaban J connectivity index is 1.50. The van der Waals surface area contributed by atoms with Crippen molar-refractivity contribution in [3.63, 3.8) is 0 Å². The maximum atomic E-state index is 14.1. The van der Waals surface area contributed by atoms with Crippen molar-refractivity contribution in [1.29, 1.82) is 0 Å². The van der Waals surface area contributed by atoms with Crippen LogP contribution in [-0.2, 0) is 20.4 Å². The fourth-order valence-electron chi connectivity index (χ4n) is 3.74. The summed E-state index contributed by atoms with van der Waals surface area (Å²) in [6.45, 7) is 6.39. The molecule has 1 heterocycles. The normalized spacial score (nSPS) is 20.0. The number of hydrogen-bond acceptors (Lipinski definition) is 5. The molecule has 2 aliphatic rings. The van der Waals surface area contributed by atoms with Crippen LogP contribution in [0.5, 0.6) is 5.75 Å². The van der Waals surface area contributed by atoms with E-state index in [1.54, 1.807) is 19.1 Å². The molecule has 0 radical (unpaired) electrons. The van der Waals surface area contributed by atoms with Gasteiger partial charge in [0.15, 0.2) is 11.6 Å². The largest absolute Gasteiger partial charge is 0.490 e. The van der Waals surface area contributed by atoms with Crippen LogP contribution in [0.3, 0.4) is 0 Å². The average molecular weight is 470 g/mol. The fraction of sp³-hybridized carbons (Fsp3) is 0.636. The second-order valence-electron chi connectivity index (χ2n) is 9.08. The van der Waals surface area contributed by atoms with Crippen molar-refractivity contribution in [2.45, 2.75) is 64.5 Å². The highest BCUT2D eigenvalue weighted by Gasteiger charge is 2.47. The lowest BCUT2D eigenvalue weighted by Crippen LogP contribution is -2.36. The molecule has 0 unspecified atom stereocenters. The summed E-state index contributed by atoms with van der Waals surface area (Å²) < 4.78 is 47.7. The second-order valence-corrected chi connectivity index (χ2v) is 10.9. The van der Waals surface area contributed by atoms with Gasteiger partial charge >= 0.3 is 6.03 Å². The highest BCUT2D eigenvalue weighted by molar-refractivity contribution is 7.89. The highest BCUT2D eigenvalue weighted by atomic mass is 32.2. The summed E-state index contributed by atoms with van der Waals surface area (Å²) in [7, 11) is -3.53. The number of carbonyl (C=O) groups excluding carboxylic acids is 2. The van der Waals surface area contributed by atoms with E-state index in [1.165, 1.54) is 11.0 Å². The quantitative estimate of drug-likeness (QED) is 0.362. The first-order valence-corrected chi connectivity index (χ1v) is 12.7. The Morgan fingerprint density at radius 3 is 2.56 bits per heavy atom. The van der Waals surface area contributed by atoms with Gasteiger partial charge in [-0.2, -0.15) is 0 Å². The number of rotatable bonds is 12. The van der Waals surface area contributed by atoms with E-state index in [0.717, 1.165) is 0 Å². The SMILES string of the molecule is CC(C)COc1cc(C2(NS(=O)(=O)CCCCCN3C(=O)NC(=O)[C@H]3C)CC2)ccc1F. The molecule has 0 aromatic heterocycles. The minimum absolute atomic E-state index is 0.0344. The summed E-state index contributed by atoms with van der Waals surface area (Å²) >= 11 is 0. The molecule has 178 valence electrons. The Hall–Kier alpha value is -2.20. The number of carbonyl (C=O) groups is 2. The van der Waals surface area contributed by atoms with E-state index < -0.39 is 33.5 Å². The number of nitrogens with one attached hydrogen (secondary N) is 2. The summed E-state index contributed by atoms with van der Waals surface area (Å²) in [5, 5.41) is 2.26. The molecule has 1 aliphatic carbocycles. The number of amides is 3. The molecule has 0 spiro atoms. The van der Waals surface area contributed by atoms with Gasteiger partial charge in [0.1, 0.15) is 6.04 Å². The molecule has 8 nitrogen and oxygen atoms in total. The number of halogens is 1. The Morgan fingerprint density at radius 1 is 1.25 bits per heavy atom. The summed E-state index contributed by atoms with van der Waals surface area (Å²) in [5.74, 6) is -0.422. The number of ether oxygens (including phenoxy) is 1. The number of unbranched alkanes of at least 4 members (excludes halogenated alkanes) is 2. The van der Waals surface area contributed by atoms with E-state index in [0.29, 0.717) is 50.8 Å². The molecule has 1 aromatic carbocycles. The van der Waals surface area contributed by atoms with Crippen LogP contribution in [0.2, 0.25) is 0 Å². The summed E-state index contributed by atoms with van der Waals surface area (Å²) in [5.41, 5.74) is 0.00580. The van der Waals surface area contributed by atoms with Crippen LogP contribution in [0.4, 0.5) is 9.18 Å². The zero-order chi connectivity index (χ0) is 23.5. The molecule has 2 N–H and O–H groups in total. The summed E-state index contributed by atoms with van der Waals surface area (Å²) in [4.78, 5) is 24.6. The number of nitrogens with zero attached hydrogens (tertiary/aromatic N) is 1. The van der Waals surface area contributed by atoms with Crippen LogP contribution in [0, 0.1) is 11.7 Å². The van der Waals surface area contributed by atoms with Gasteiger partial charge in [-0.15, -0.1) is 0 Å². The Labute approximate surface area is 188 Å². The number of hydrogen-bond donors (Lipinski definition) is 2. The third kappa shape index (κ3) is 5.98. The van der Waals surface area contributed by atoms with E-state index in [9.17, 15) is 22.4 Å². The van der Waals surface area contributed by atoms with Crippen molar-refractivity contribution in [2.75, 3.05) is 18.9 Å². The third-order valence-electron chi connectivity index (χ3n) is 5.81. The smallest absolute Gasteiger partial charge is 0.324 e. The van der Waals surface area contributed by atoms with Crippen LogP contribution in [-0.4, -0.2) is 50.2 Å². The van der Waals surface area contributed by atoms with Crippen molar-refractivity contribution in [3.05, 3.63) is 29.6 Å². The van der Waals surface area contributed by atoms with Gasteiger partial charge < -0.3 is 9.64 Å². The lowest BCUT2D eigenvalue weighted by molar-refractivity contribution is -0.121. The number of urea groups is 1. The molecule has 1 aliphatic heterocycles. The second kappa shape index (κ2) is 9.74. The lowest BCUT2D eigenvalue weighted by atomic mass is 10.1. The first kappa shape index (κ1) is 24.4. The molecule has 3 amide bonds. The van der Waals surface area contributed by atoms with E-state index >= 15 is 0 Å². The minimum Gasteiger partial charge on any atom is -0.490 e. The first-order chi connectivity index (χ1) is 15.0. The van der Waals surface area contributed by atoms with Gasteiger partial charge in [-0.05, 0) is 56.2 Å².